The molecular formula is C38H50N6O8. The Hall–Kier alpha value is -4.24. The maximum Gasteiger partial charge on any atom is 0.341 e. The Bertz CT molecular complexity index is 1710. The van der Waals surface area contributed by atoms with E-state index < -0.39 is 53.7 Å². The topological polar surface area (TPSA) is 182 Å². The van der Waals surface area contributed by atoms with Crippen LogP contribution in [0.5, 0.6) is 0 Å². The summed E-state index contributed by atoms with van der Waals surface area (Å²) in [5.74, 6) is -1.56. The number of amides is 2. The molecule has 0 bridgehead atoms. The molecule has 2 amide bonds. The Morgan fingerprint density at radius 1 is 1.27 bits per heavy atom. The van der Waals surface area contributed by atoms with E-state index in [0.29, 0.717) is 37.0 Å². The first-order chi connectivity index (χ1) is 24.7. The Balaban J connectivity index is 1.29. The van der Waals surface area contributed by atoms with Gasteiger partial charge in [-0.05, 0) is 94.1 Å². The Labute approximate surface area is 304 Å². The highest BCUT2D eigenvalue weighted by Crippen LogP contribution is 2.62. The van der Waals surface area contributed by atoms with Gasteiger partial charge >= 0.3 is 11.9 Å². The largest absolute Gasteiger partial charge is 0.464 e. The number of nitrogens with zero attached hydrogens (tertiary/aromatic N) is 4. The summed E-state index contributed by atoms with van der Waals surface area (Å²) in [6.07, 6.45) is 12.2. The molecule has 6 aliphatic rings. The van der Waals surface area contributed by atoms with E-state index in [0.717, 1.165) is 18.4 Å². The summed E-state index contributed by atoms with van der Waals surface area (Å²) in [6, 6.07) is -2.46. The van der Waals surface area contributed by atoms with E-state index in [-0.39, 0.29) is 48.1 Å². The molecule has 0 spiro atoms. The number of fused-ring (bicyclic) bond motifs is 2. The lowest BCUT2D eigenvalue weighted by Crippen LogP contribution is -2.58. The fraction of sp³-hybridized carbons (Fsp3) is 0.579. The zero-order valence-corrected chi connectivity index (χ0v) is 30.5. The highest BCUT2D eigenvalue weighted by molar-refractivity contribution is 6.05. The van der Waals surface area contributed by atoms with Gasteiger partial charge in [-0.1, -0.05) is 32.1 Å². The van der Waals surface area contributed by atoms with Crippen LogP contribution in [0.1, 0.15) is 59.8 Å². The highest BCUT2D eigenvalue weighted by atomic mass is 16.5. The first-order valence-electron chi connectivity index (χ1n) is 18.1. The Morgan fingerprint density at radius 3 is 2.73 bits per heavy atom. The lowest BCUT2D eigenvalue weighted by molar-refractivity contribution is -0.153. The van der Waals surface area contributed by atoms with Crippen molar-refractivity contribution in [3.05, 3.63) is 59.6 Å². The summed E-state index contributed by atoms with van der Waals surface area (Å²) in [5, 5.41) is 27.7. The third-order valence-corrected chi connectivity index (χ3v) is 12.1. The smallest absolute Gasteiger partial charge is 0.341 e. The van der Waals surface area contributed by atoms with Crippen molar-refractivity contribution in [3.8, 4) is 0 Å². The van der Waals surface area contributed by atoms with E-state index in [2.05, 4.69) is 34.1 Å². The van der Waals surface area contributed by atoms with Gasteiger partial charge in [0, 0.05) is 23.9 Å². The van der Waals surface area contributed by atoms with E-state index >= 15 is 0 Å². The second-order valence-electron chi connectivity index (χ2n) is 15.2. The number of ether oxygens (including phenoxy) is 2. The van der Waals surface area contributed by atoms with Gasteiger partial charge in [0.2, 0.25) is 11.9 Å². The average molecular weight is 719 g/mol. The molecule has 0 radical (unpaired) electrons. The van der Waals surface area contributed by atoms with Gasteiger partial charge in [0.15, 0.2) is 6.04 Å². The number of carbonyl (C=O) groups is 4. The molecule has 4 heterocycles. The van der Waals surface area contributed by atoms with Crippen LogP contribution >= 0.6 is 0 Å². The number of rotatable bonds is 10. The quantitative estimate of drug-likeness (QED) is 0.148. The van der Waals surface area contributed by atoms with Crippen molar-refractivity contribution >= 4 is 35.9 Å². The van der Waals surface area contributed by atoms with Gasteiger partial charge in [-0.2, -0.15) is 0 Å². The first-order valence-corrected chi connectivity index (χ1v) is 18.1. The fourth-order valence-electron chi connectivity index (χ4n) is 9.14. The first kappa shape index (κ1) is 37.5. The number of guanidine groups is 1. The molecule has 4 aliphatic heterocycles. The number of aliphatic imine (C=N–C) groups is 2. The van der Waals surface area contributed by atoms with Crippen LogP contribution in [0, 0.1) is 22.7 Å². The third kappa shape index (κ3) is 6.72. The number of carbonyl (C=O) groups excluding carboxylic acids is 4. The van der Waals surface area contributed by atoms with Crippen molar-refractivity contribution in [1.82, 2.24) is 20.4 Å². The zero-order valence-electron chi connectivity index (χ0n) is 30.5. The number of cyclic esters (lactones) is 1. The highest BCUT2D eigenvalue weighted by Gasteiger charge is 2.58. The van der Waals surface area contributed by atoms with Crippen molar-refractivity contribution in [2.45, 2.75) is 90.2 Å². The molecule has 0 aromatic heterocycles. The van der Waals surface area contributed by atoms with E-state index in [1.807, 2.05) is 6.92 Å². The summed E-state index contributed by atoms with van der Waals surface area (Å²) in [4.78, 5) is 64.1. The number of likely N-dealkylation sites (N-methyl/N-ethyl adjacent to an activating group) is 1. The molecule has 6 rings (SSSR count). The van der Waals surface area contributed by atoms with Gasteiger partial charge in [-0.25, -0.2) is 19.6 Å². The van der Waals surface area contributed by atoms with Gasteiger partial charge in [-0.3, -0.25) is 30.0 Å². The van der Waals surface area contributed by atoms with Gasteiger partial charge in [0.25, 0.3) is 5.91 Å². The number of hydrogen-bond acceptors (Lipinski definition) is 12. The second kappa shape index (κ2) is 14.6. The Kier molecular flexibility index (Phi) is 10.6. The molecule has 0 aromatic rings. The molecule has 4 N–H and O–H groups in total. The van der Waals surface area contributed by atoms with Crippen LogP contribution in [-0.2, 0) is 28.7 Å². The number of nitrogens with one attached hydrogen (secondary N) is 2. The molecule has 2 aliphatic carbocycles. The normalized spacial score (nSPS) is 34.7. The Morgan fingerprint density at radius 2 is 2.04 bits per heavy atom. The molecule has 52 heavy (non-hydrogen) atoms. The predicted molar refractivity (Wildman–Crippen MR) is 192 cm³/mol. The van der Waals surface area contributed by atoms with Crippen LogP contribution in [-0.4, -0.2) is 113 Å². The second-order valence-corrected chi connectivity index (χ2v) is 15.2. The predicted octanol–water partition coefficient (Wildman–Crippen LogP) is 1.87. The lowest BCUT2D eigenvalue weighted by Gasteiger charge is -2.60. The molecule has 6 unspecified atom stereocenters. The standard InChI is InChI=1S/C38H50N6O8/c1-7-51-35(50)31-33(48)44-19-23(9-11-30(44)43(31)6)16-24-17-25(34(49)52-24)27(41-22(3)32(47)42-36-39-14-15-40-36)18-26-21(2)8-10-28-37(26,4)13-12-29(46)38(28,5)20-45/h9,11,14,16-17,19,22,26-31,41,45-46H,2,7-8,10,12-13,15,18,20H2,1,3-6H3,(H,40,42,47)/b24-16+/t22?,26?,27?,28?,29-,30?,31?,37-,38+/m1/s1. The SMILES string of the molecule is C=C1CCC2[C@](C)(CC[C@@H](O)[C@@]2(C)CO)C1CC(NC(C)C(=O)NC1=NCC=N1)C1=C/C(=C\C2=CN3C(=O)C(C(=O)OCC)N(C)C3C=C2)OC1=O. The maximum atomic E-state index is 13.7. The minimum atomic E-state index is -1.06. The average Bonchev–Trinajstić information content (AvgIpc) is 3.82. The van der Waals surface area contributed by atoms with Crippen molar-refractivity contribution in [2.24, 2.45) is 32.7 Å². The maximum absolute atomic E-state index is 13.7. The number of aliphatic hydroxyl groups excluding tert-OH is 2. The minimum absolute atomic E-state index is 0.00782. The molecule has 2 saturated carbocycles. The van der Waals surface area contributed by atoms with Gasteiger partial charge in [0.1, 0.15) is 11.9 Å². The molecule has 3 fully saturated rings. The van der Waals surface area contributed by atoms with Crippen molar-refractivity contribution < 1.29 is 38.9 Å². The fourth-order valence-corrected chi connectivity index (χ4v) is 9.14. The molecular weight excluding hydrogens is 668 g/mol. The van der Waals surface area contributed by atoms with Gasteiger partial charge in [-0.15, -0.1) is 0 Å². The summed E-state index contributed by atoms with van der Waals surface area (Å²) in [6.45, 7) is 12.4. The van der Waals surface area contributed by atoms with Crippen LogP contribution in [0.3, 0.4) is 0 Å². The van der Waals surface area contributed by atoms with Crippen LogP contribution in [0.25, 0.3) is 0 Å². The molecule has 1 saturated heterocycles. The molecule has 0 aromatic carbocycles. The van der Waals surface area contributed by atoms with E-state index in [1.165, 1.54) is 4.90 Å². The molecule has 14 nitrogen and oxygen atoms in total. The number of allylic oxidation sites excluding steroid dienone is 5. The zero-order chi connectivity index (χ0) is 37.5. The van der Waals surface area contributed by atoms with E-state index in [1.54, 1.807) is 62.5 Å². The summed E-state index contributed by atoms with van der Waals surface area (Å²) in [5.41, 5.74) is 0.924. The van der Waals surface area contributed by atoms with E-state index in [9.17, 15) is 29.4 Å². The van der Waals surface area contributed by atoms with Crippen molar-refractivity contribution in [2.75, 3.05) is 26.8 Å². The lowest BCUT2D eigenvalue weighted by atomic mass is 9.46. The van der Waals surface area contributed by atoms with Crippen LogP contribution < -0.4 is 10.6 Å². The molecule has 14 heteroatoms. The molecule has 9 atom stereocenters. The van der Waals surface area contributed by atoms with Gasteiger partial charge < -0.3 is 19.7 Å². The monoisotopic (exact) mass is 718 g/mol. The third-order valence-electron chi connectivity index (χ3n) is 12.1. The minimum Gasteiger partial charge on any atom is -0.464 e. The number of hydrogen-bond donors (Lipinski definition) is 4. The summed E-state index contributed by atoms with van der Waals surface area (Å²) < 4.78 is 10.9. The van der Waals surface area contributed by atoms with Gasteiger partial charge in [0.05, 0.1) is 37.5 Å². The number of esters is 2. The van der Waals surface area contributed by atoms with Crippen molar-refractivity contribution in [1.29, 1.82) is 0 Å². The summed E-state index contributed by atoms with van der Waals surface area (Å²) >= 11 is 0. The van der Waals surface area contributed by atoms with Crippen LogP contribution in [0.4, 0.5) is 0 Å². The van der Waals surface area contributed by atoms with Crippen LogP contribution in [0.15, 0.2) is 69.5 Å². The van der Waals surface area contributed by atoms with E-state index in [4.69, 9.17) is 9.47 Å². The summed E-state index contributed by atoms with van der Waals surface area (Å²) in [7, 11) is 1.69. The molecule has 280 valence electrons. The number of aliphatic hydroxyl groups is 2. The van der Waals surface area contributed by atoms with Crippen LogP contribution in [0.2, 0.25) is 0 Å². The van der Waals surface area contributed by atoms with Crippen molar-refractivity contribution in [3.63, 3.8) is 0 Å².